The smallest absolute Gasteiger partial charge is 0.271 e. The fraction of sp³-hybridized carbons (Fsp3) is 0.100. The van der Waals surface area contributed by atoms with E-state index in [0.29, 0.717) is 12.2 Å². The van der Waals surface area contributed by atoms with Gasteiger partial charge in [0.2, 0.25) is 0 Å². The second-order valence-electron chi connectivity index (χ2n) is 3.55. The minimum atomic E-state index is -3.71. The SMILES string of the molecule is NS(=O)(=O)Nc1ccc(Cn2cccn2)cc1. The molecule has 0 radical (unpaired) electrons. The number of nitrogens with one attached hydrogen (secondary N) is 1. The van der Waals surface area contributed by atoms with Gasteiger partial charge in [-0.05, 0) is 23.8 Å². The fourth-order valence-electron chi connectivity index (χ4n) is 1.42. The van der Waals surface area contributed by atoms with Gasteiger partial charge in [0.15, 0.2) is 0 Å². The summed E-state index contributed by atoms with van der Waals surface area (Å²) in [4.78, 5) is 0. The van der Waals surface area contributed by atoms with Crippen molar-refractivity contribution in [2.45, 2.75) is 6.54 Å². The molecule has 1 aromatic heterocycles. The zero-order valence-electron chi connectivity index (χ0n) is 8.95. The van der Waals surface area contributed by atoms with Crippen molar-refractivity contribution in [1.29, 1.82) is 0 Å². The van der Waals surface area contributed by atoms with E-state index in [-0.39, 0.29) is 0 Å². The fourth-order valence-corrected chi connectivity index (χ4v) is 1.89. The topological polar surface area (TPSA) is 90.0 Å². The molecular weight excluding hydrogens is 240 g/mol. The summed E-state index contributed by atoms with van der Waals surface area (Å²) in [5.74, 6) is 0. The van der Waals surface area contributed by atoms with Gasteiger partial charge in [-0.1, -0.05) is 12.1 Å². The van der Waals surface area contributed by atoms with Crippen LogP contribution >= 0.6 is 0 Å². The third-order valence-corrected chi connectivity index (χ3v) is 2.64. The maximum atomic E-state index is 10.8. The van der Waals surface area contributed by atoms with Gasteiger partial charge in [0.05, 0.1) is 6.54 Å². The Kier molecular flexibility index (Phi) is 3.12. The van der Waals surface area contributed by atoms with Crippen molar-refractivity contribution < 1.29 is 8.42 Å². The van der Waals surface area contributed by atoms with Gasteiger partial charge < -0.3 is 0 Å². The average molecular weight is 252 g/mol. The highest BCUT2D eigenvalue weighted by Crippen LogP contribution is 2.11. The Morgan fingerprint density at radius 1 is 1.29 bits per heavy atom. The van der Waals surface area contributed by atoms with E-state index < -0.39 is 10.2 Å². The molecule has 6 nitrogen and oxygen atoms in total. The van der Waals surface area contributed by atoms with E-state index >= 15 is 0 Å². The zero-order valence-corrected chi connectivity index (χ0v) is 9.76. The number of nitrogens with two attached hydrogens (primary N) is 1. The van der Waals surface area contributed by atoms with Gasteiger partial charge >= 0.3 is 0 Å². The highest BCUT2D eigenvalue weighted by Gasteiger charge is 2.02. The molecule has 0 saturated heterocycles. The third kappa shape index (κ3) is 3.58. The molecule has 0 aliphatic carbocycles. The maximum absolute atomic E-state index is 10.8. The Labute approximate surface area is 99.2 Å². The lowest BCUT2D eigenvalue weighted by Crippen LogP contribution is -2.21. The van der Waals surface area contributed by atoms with Gasteiger partial charge in [0.1, 0.15) is 0 Å². The molecule has 7 heteroatoms. The first-order valence-electron chi connectivity index (χ1n) is 4.90. The number of aromatic nitrogens is 2. The average Bonchev–Trinajstić information content (AvgIpc) is 2.71. The molecule has 1 aromatic carbocycles. The van der Waals surface area contributed by atoms with Crippen LogP contribution in [0.2, 0.25) is 0 Å². The standard InChI is InChI=1S/C10H12N4O2S/c11-17(15,16)13-10-4-2-9(3-5-10)8-14-7-1-6-12-14/h1-7,13H,8H2,(H2,11,15,16). The predicted molar refractivity (Wildman–Crippen MR) is 64.5 cm³/mol. The van der Waals surface area contributed by atoms with Crippen LogP contribution in [0.5, 0.6) is 0 Å². The summed E-state index contributed by atoms with van der Waals surface area (Å²) in [6.45, 7) is 0.642. The first kappa shape index (κ1) is 11.6. The second kappa shape index (κ2) is 4.56. The van der Waals surface area contributed by atoms with E-state index in [9.17, 15) is 8.42 Å². The van der Waals surface area contributed by atoms with E-state index in [1.165, 1.54) is 0 Å². The highest BCUT2D eigenvalue weighted by molar-refractivity contribution is 7.90. The van der Waals surface area contributed by atoms with Crippen LogP contribution < -0.4 is 9.86 Å². The van der Waals surface area contributed by atoms with Gasteiger partial charge in [-0.2, -0.15) is 13.5 Å². The molecule has 2 rings (SSSR count). The van der Waals surface area contributed by atoms with E-state index in [0.717, 1.165) is 5.56 Å². The van der Waals surface area contributed by atoms with Crippen LogP contribution in [-0.4, -0.2) is 18.2 Å². The Hall–Kier alpha value is -1.86. The first-order valence-corrected chi connectivity index (χ1v) is 6.44. The molecular formula is C10H12N4O2S. The van der Waals surface area contributed by atoms with Crippen molar-refractivity contribution in [2.75, 3.05) is 4.72 Å². The van der Waals surface area contributed by atoms with Crippen molar-refractivity contribution in [1.82, 2.24) is 9.78 Å². The summed E-state index contributed by atoms with van der Waals surface area (Å²) in [7, 11) is -3.71. The number of hydrogen-bond donors (Lipinski definition) is 2. The van der Waals surface area contributed by atoms with Gasteiger partial charge in [0, 0.05) is 18.1 Å². The van der Waals surface area contributed by atoms with Gasteiger partial charge in [-0.3, -0.25) is 9.40 Å². The molecule has 0 fully saturated rings. The lowest BCUT2D eigenvalue weighted by molar-refractivity contribution is 0.603. The summed E-state index contributed by atoms with van der Waals surface area (Å²) in [5, 5.41) is 8.94. The normalized spacial score (nSPS) is 11.4. The van der Waals surface area contributed by atoms with E-state index in [4.69, 9.17) is 5.14 Å². The van der Waals surface area contributed by atoms with Crippen LogP contribution in [0.15, 0.2) is 42.7 Å². The van der Waals surface area contributed by atoms with Crippen molar-refractivity contribution in [3.05, 3.63) is 48.3 Å². The second-order valence-corrected chi connectivity index (χ2v) is 4.84. The Morgan fingerprint density at radius 3 is 2.53 bits per heavy atom. The van der Waals surface area contributed by atoms with Crippen LogP contribution in [0.1, 0.15) is 5.56 Å². The number of anilines is 1. The molecule has 0 amide bonds. The highest BCUT2D eigenvalue weighted by atomic mass is 32.2. The number of benzene rings is 1. The molecule has 0 spiro atoms. The minimum Gasteiger partial charge on any atom is -0.271 e. The molecule has 90 valence electrons. The van der Waals surface area contributed by atoms with Gasteiger partial charge in [-0.15, -0.1) is 0 Å². The van der Waals surface area contributed by atoms with Crippen LogP contribution in [0.25, 0.3) is 0 Å². The Morgan fingerprint density at radius 2 is 2.00 bits per heavy atom. The molecule has 0 atom stereocenters. The molecule has 0 unspecified atom stereocenters. The van der Waals surface area contributed by atoms with Crippen LogP contribution in [0.3, 0.4) is 0 Å². The molecule has 0 aliphatic rings. The summed E-state index contributed by atoms with van der Waals surface area (Å²) in [6.07, 6.45) is 3.56. The summed E-state index contributed by atoms with van der Waals surface area (Å²) in [5.41, 5.74) is 1.46. The minimum absolute atomic E-state index is 0.441. The third-order valence-electron chi connectivity index (χ3n) is 2.12. The summed E-state index contributed by atoms with van der Waals surface area (Å²) in [6, 6.07) is 8.79. The number of nitrogens with zero attached hydrogens (tertiary/aromatic N) is 2. The van der Waals surface area contributed by atoms with Gasteiger partial charge in [0.25, 0.3) is 10.2 Å². The predicted octanol–water partition coefficient (Wildman–Crippen LogP) is 0.547. The molecule has 0 bridgehead atoms. The molecule has 0 saturated carbocycles. The molecule has 17 heavy (non-hydrogen) atoms. The van der Waals surface area contributed by atoms with Crippen molar-refractivity contribution in [3.63, 3.8) is 0 Å². The van der Waals surface area contributed by atoms with Crippen LogP contribution in [0, 0.1) is 0 Å². The van der Waals surface area contributed by atoms with Crippen LogP contribution in [-0.2, 0) is 16.8 Å². The van der Waals surface area contributed by atoms with Crippen molar-refractivity contribution in [2.24, 2.45) is 5.14 Å². The Bertz CT molecular complexity index is 575. The van der Waals surface area contributed by atoms with E-state index in [1.54, 1.807) is 23.0 Å². The number of hydrogen-bond acceptors (Lipinski definition) is 3. The van der Waals surface area contributed by atoms with Crippen LogP contribution in [0.4, 0.5) is 5.69 Å². The largest absolute Gasteiger partial charge is 0.296 e. The number of rotatable bonds is 4. The summed E-state index contributed by atoms with van der Waals surface area (Å²) >= 11 is 0. The van der Waals surface area contributed by atoms with Gasteiger partial charge in [-0.25, -0.2) is 5.14 Å². The van der Waals surface area contributed by atoms with E-state index in [2.05, 4.69) is 9.82 Å². The Balaban J connectivity index is 2.08. The van der Waals surface area contributed by atoms with E-state index in [1.807, 2.05) is 24.4 Å². The lowest BCUT2D eigenvalue weighted by atomic mass is 10.2. The quantitative estimate of drug-likeness (QED) is 0.832. The molecule has 3 N–H and O–H groups in total. The first-order chi connectivity index (χ1) is 8.03. The zero-order chi connectivity index (χ0) is 12.3. The molecule has 0 aliphatic heterocycles. The molecule has 2 aromatic rings. The monoisotopic (exact) mass is 252 g/mol. The molecule has 1 heterocycles. The summed E-state index contributed by atoms with van der Waals surface area (Å²) < 4.78 is 25.6. The lowest BCUT2D eigenvalue weighted by Gasteiger charge is -2.05. The maximum Gasteiger partial charge on any atom is 0.296 e. The van der Waals surface area contributed by atoms with Crippen molar-refractivity contribution >= 4 is 15.9 Å². The van der Waals surface area contributed by atoms with Crippen molar-refractivity contribution in [3.8, 4) is 0 Å².